The molecule has 0 amide bonds. The molecular formula is C12H8N2O4. The molecule has 1 aromatic carbocycles. The van der Waals surface area contributed by atoms with Crippen LogP contribution in [0.2, 0.25) is 0 Å². The SMILES string of the molecule is O=C(O)c1cc(-c2ccccc2)ncc1[N+](=O)[O-]. The van der Waals surface area contributed by atoms with Crippen molar-refractivity contribution in [3.63, 3.8) is 0 Å². The van der Waals surface area contributed by atoms with Gasteiger partial charge in [-0.2, -0.15) is 0 Å². The van der Waals surface area contributed by atoms with Gasteiger partial charge in [0.15, 0.2) is 0 Å². The first kappa shape index (κ1) is 11.7. The summed E-state index contributed by atoms with van der Waals surface area (Å²) in [5.74, 6) is -1.35. The maximum atomic E-state index is 11.0. The standard InChI is InChI=1S/C12H8N2O4/c15-12(16)9-6-10(8-4-2-1-3-5-8)13-7-11(9)14(17)18/h1-7H,(H,15,16). The molecule has 0 aliphatic carbocycles. The summed E-state index contributed by atoms with van der Waals surface area (Å²) in [6, 6.07) is 10.1. The predicted molar refractivity (Wildman–Crippen MR) is 63.3 cm³/mol. The van der Waals surface area contributed by atoms with Crippen molar-refractivity contribution in [2.75, 3.05) is 0 Å². The molecular weight excluding hydrogens is 236 g/mol. The summed E-state index contributed by atoms with van der Waals surface area (Å²) < 4.78 is 0. The molecule has 1 aromatic heterocycles. The number of aromatic nitrogens is 1. The number of rotatable bonds is 3. The number of carboxylic acid groups (broad SMARTS) is 1. The zero-order chi connectivity index (χ0) is 13.1. The molecule has 6 heteroatoms. The third kappa shape index (κ3) is 2.17. The van der Waals surface area contributed by atoms with Crippen LogP contribution in [0.15, 0.2) is 42.6 Å². The van der Waals surface area contributed by atoms with Gasteiger partial charge in [0, 0.05) is 5.56 Å². The van der Waals surface area contributed by atoms with Gasteiger partial charge in [0.2, 0.25) is 0 Å². The Morgan fingerprint density at radius 2 is 1.94 bits per heavy atom. The van der Waals surface area contributed by atoms with Gasteiger partial charge in [-0.05, 0) is 6.07 Å². The summed E-state index contributed by atoms with van der Waals surface area (Å²) >= 11 is 0. The van der Waals surface area contributed by atoms with Gasteiger partial charge in [-0.3, -0.25) is 10.1 Å². The van der Waals surface area contributed by atoms with Crippen molar-refractivity contribution in [1.82, 2.24) is 4.98 Å². The van der Waals surface area contributed by atoms with Crippen molar-refractivity contribution in [2.24, 2.45) is 0 Å². The summed E-state index contributed by atoms with van der Waals surface area (Å²) in [7, 11) is 0. The Labute approximate surface area is 102 Å². The van der Waals surface area contributed by atoms with Gasteiger partial charge < -0.3 is 5.11 Å². The summed E-state index contributed by atoms with van der Waals surface area (Å²) in [5.41, 5.74) is 0.213. The number of hydrogen-bond acceptors (Lipinski definition) is 4. The first-order valence-corrected chi connectivity index (χ1v) is 5.03. The molecule has 0 saturated heterocycles. The van der Waals surface area contributed by atoms with E-state index >= 15 is 0 Å². The Hall–Kier alpha value is -2.76. The summed E-state index contributed by atoms with van der Waals surface area (Å²) in [6.45, 7) is 0. The fourth-order valence-electron chi connectivity index (χ4n) is 1.53. The summed E-state index contributed by atoms with van der Waals surface area (Å²) in [5, 5.41) is 19.6. The average molecular weight is 244 g/mol. The molecule has 6 nitrogen and oxygen atoms in total. The Kier molecular flexibility index (Phi) is 3.01. The second-order valence-corrected chi connectivity index (χ2v) is 3.51. The highest BCUT2D eigenvalue weighted by molar-refractivity contribution is 5.93. The van der Waals surface area contributed by atoms with Crippen molar-refractivity contribution < 1.29 is 14.8 Å². The molecule has 90 valence electrons. The minimum atomic E-state index is -1.35. The minimum Gasteiger partial charge on any atom is -0.477 e. The topological polar surface area (TPSA) is 93.3 Å². The molecule has 0 bridgehead atoms. The van der Waals surface area contributed by atoms with Gasteiger partial charge in [-0.25, -0.2) is 9.78 Å². The first-order chi connectivity index (χ1) is 8.59. The number of carbonyl (C=O) groups is 1. The minimum absolute atomic E-state index is 0.367. The molecule has 0 unspecified atom stereocenters. The monoisotopic (exact) mass is 244 g/mol. The van der Waals surface area contributed by atoms with Crippen LogP contribution in [0.25, 0.3) is 11.3 Å². The second kappa shape index (κ2) is 4.62. The fourth-order valence-corrected chi connectivity index (χ4v) is 1.53. The molecule has 0 saturated carbocycles. The van der Waals surface area contributed by atoms with Gasteiger partial charge in [0.05, 0.1) is 10.6 Å². The lowest BCUT2D eigenvalue weighted by molar-refractivity contribution is -0.385. The first-order valence-electron chi connectivity index (χ1n) is 5.03. The number of nitro groups is 1. The zero-order valence-electron chi connectivity index (χ0n) is 9.11. The van der Waals surface area contributed by atoms with E-state index in [4.69, 9.17) is 5.11 Å². The average Bonchev–Trinajstić information content (AvgIpc) is 2.39. The number of pyridine rings is 1. The van der Waals surface area contributed by atoms with E-state index in [1.54, 1.807) is 24.3 Å². The van der Waals surface area contributed by atoms with Crippen LogP contribution < -0.4 is 0 Å². The quantitative estimate of drug-likeness (QED) is 0.660. The highest BCUT2D eigenvalue weighted by Gasteiger charge is 2.21. The lowest BCUT2D eigenvalue weighted by Crippen LogP contribution is -2.04. The molecule has 0 spiro atoms. The summed E-state index contributed by atoms with van der Waals surface area (Å²) in [4.78, 5) is 24.8. The molecule has 1 N–H and O–H groups in total. The third-order valence-electron chi connectivity index (χ3n) is 2.38. The molecule has 1 heterocycles. The van der Waals surface area contributed by atoms with Gasteiger partial charge in [-0.1, -0.05) is 30.3 Å². The molecule has 0 atom stereocenters. The Balaban J connectivity index is 2.57. The second-order valence-electron chi connectivity index (χ2n) is 3.51. The van der Waals surface area contributed by atoms with Gasteiger partial charge >= 0.3 is 11.7 Å². The highest BCUT2D eigenvalue weighted by atomic mass is 16.6. The number of hydrogen-bond donors (Lipinski definition) is 1. The molecule has 0 fully saturated rings. The van der Waals surface area contributed by atoms with Crippen molar-refractivity contribution in [3.05, 3.63) is 58.3 Å². The van der Waals surface area contributed by atoms with E-state index in [9.17, 15) is 14.9 Å². The van der Waals surface area contributed by atoms with E-state index in [1.165, 1.54) is 6.07 Å². The Morgan fingerprint density at radius 1 is 1.28 bits per heavy atom. The van der Waals surface area contributed by atoms with Gasteiger partial charge in [-0.15, -0.1) is 0 Å². The van der Waals surface area contributed by atoms with Crippen molar-refractivity contribution in [2.45, 2.75) is 0 Å². The van der Waals surface area contributed by atoms with Crippen LogP contribution >= 0.6 is 0 Å². The largest absolute Gasteiger partial charge is 0.477 e. The van der Waals surface area contributed by atoms with E-state index in [2.05, 4.69) is 4.98 Å². The van der Waals surface area contributed by atoms with E-state index < -0.39 is 16.6 Å². The number of carboxylic acids is 1. The maximum absolute atomic E-state index is 11.0. The smallest absolute Gasteiger partial charge is 0.342 e. The molecule has 0 radical (unpaired) electrons. The summed E-state index contributed by atoms with van der Waals surface area (Å²) in [6.07, 6.45) is 0.964. The van der Waals surface area contributed by atoms with Crippen molar-refractivity contribution in [1.29, 1.82) is 0 Å². The van der Waals surface area contributed by atoms with Crippen LogP contribution in [0.4, 0.5) is 5.69 Å². The van der Waals surface area contributed by atoms with Crippen LogP contribution in [0, 0.1) is 10.1 Å². The van der Waals surface area contributed by atoms with Crippen LogP contribution in [-0.2, 0) is 0 Å². The van der Waals surface area contributed by atoms with Crippen LogP contribution in [0.5, 0.6) is 0 Å². The number of aromatic carboxylic acids is 1. The Morgan fingerprint density at radius 3 is 2.50 bits per heavy atom. The molecule has 18 heavy (non-hydrogen) atoms. The lowest BCUT2D eigenvalue weighted by atomic mass is 10.1. The fraction of sp³-hybridized carbons (Fsp3) is 0. The van der Waals surface area contributed by atoms with Crippen LogP contribution in [-0.4, -0.2) is 21.0 Å². The highest BCUT2D eigenvalue weighted by Crippen LogP contribution is 2.23. The van der Waals surface area contributed by atoms with E-state index in [1.807, 2.05) is 6.07 Å². The predicted octanol–water partition coefficient (Wildman–Crippen LogP) is 2.36. The van der Waals surface area contributed by atoms with Crippen molar-refractivity contribution >= 4 is 11.7 Å². The molecule has 0 aliphatic rings. The maximum Gasteiger partial charge on any atom is 0.342 e. The van der Waals surface area contributed by atoms with Crippen LogP contribution in [0.1, 0.15) is 10.4 Å². The Bertz CT molecular complexity index is 611. The zero-order valence-corrected chi connectivity index (χ0v) is 9.11. The lowest BCUT2D eigenvalue weighted by Gasteiger charge is -2.02. The van der Waals surface area contributed by atoms with Gasteiger partial charge in [0.1, 0.15) is 11.8 Å². The molecule has 2 aromatic rings. The van der Waals surface area contributed by atoms with E-state index in [0.29, 0.717) is 11.3 Å². The van der Waals surface area contributed by atoms with Crippen molar-refractivity contribution in [3.8, 4) is 11.3 Å². The van der Waals surface area contributed by atoms with Gasteiger partial charge in [0.25, 0.3) is 0 Å². The number of nitrogens with zero attached hydrogens (tertiary/aromatic N) is 2. The molecule has 2 rings (SSSR count). The molecule has 0 aliphatic heterocycles. The number of benzene rings is 1. The van der Waals surface area contributed by atoms with Crippen LogP contribution in [0.3, 0.4) is 0 Å². The van der Waals surface area contributed by atoms with E-state index in [0.717, 1.165) is 6.20 Å². The normalized spacial score (nSPS) is 10.0. The van der Waals surface area contributed by atoms with E-state index in [-0.39, 0.29) is 5.56 Å². The third-order valence-corrected chi connectivity index (χ3v) is 2.38.